The van der Waals surface area contributed by atoms with Gasteiger partial charge in [0.15, 0.2) is 6.29 Å². The molecule has 0 saturated carbocycles. The fraction of sp³-hybridized carbons (Fsp3) is 0.458. The third-order valence-corrected chi connectivity index (χ3v) is 6.29. The number of aldehydes is 1. The van der Waals surface area contributed by atoms with Crippen molar-refractivity contribution in [2.24, 2.45) is 0 Å². The van der Waals surface area contributed by atoms with E-state index >= 15 is 0 Å². The molecular weight excluding hydrogens is 464 g/mol. The summed E-state index contributed by atoms with van der Waals surface area (Å²) in [4.78, 5) is 51.5. The van der Waals surface area contributed by atoms with Crippen molar-refractivity contribution in [3.8, 4) is 0 Å². The average Bonchev–Trinajstić information content (AvgIpc) is 2.86. The number of piperazine rings is 1. The second kappa shape index (κ2) is 11.3. The number of rotatable bonds is 8. The van der Waals surface area contributed by atoms with Gasteiger partial charge in [-0.2, -0.15) is 0 Å². The second-order valence-electron chi connectivity index (χ2n) is 8.95. The first-order valence-electron chi connectivity index (χ1n) is 11.9. The summed E-state index contributed by atoms with van der Waals surface area (Å²) in [5.41, 5.74) is 8.86. The highest BCUT2D eigenvalue weighted by molar-refractivity contribution is 6.02. The molecule has 2 aliphatic rings. The van der Waals surface area contributed by atoms with Gasteiger partial charge in [-0.25, -0.2) is 14.8 Å². The molecule has 2 aromatic rings. The Bertz CT molecular complexity index is 1140. The summed E-state index contributed by atoms with van der Waals surface area (Å²) in [6.07, 6.45) is 3.63. The number of ether oxygens (including phenoxy) is 1. The lowest BCUT2D eigenvalue weighted by Crippen LogP contribution is -2.48. The van der Waals surface area contributed by atoms with Crippen LogP contribution < -0.4 is 21.3 Å². The fourth-order valence-corrected chi connectivity index (χ4v) is 4.34. The molecule has 2 aliphatic heterocycles. The minimum absolute atomic E-state index is 0.0198. The number of pyridine rings is 2. The molecule has 0 atom stereocenters. The highest BCUT2D eigenvalue weighted by atomic mass is 16.5. The number of aryl methyl sites for hydroxylation is 1. The largest absolute Gasteiger partial charge is 0.396 e. The lowest BCUT2D eigenvalue weighted by atomic mass is 10.0. The summed E-state index contributed by atoms with van der Waals surface area (Å²) >= 11 is 0. The third-order valence-electron chi connectivity index (χ3n) is 6.29. The minimum atomic E-state index is -0.401. The van der Waals surface area contributed by atoms with E-state index in [1.165, 1.54) is 11.1 Å². The topological polar surface area (TPSA) is 146 Å². The SMILES string of the molecule is COCCNc1cc(NC(=O)N2CCCc3cc(CN4CCN(C)CC4=O)c(C=O)nc32)ncc1N. The van der Waals surface area contributed by atoms with Gasteiger partial charge in [-0.1, -0.05) is 0 Å². The third kappa shape index (κ3) is 5.71. The number of nitrogens with one attached hydrogen (secondary N) is 2. The summed E-state index contributed by atoms with van der Waals surface area (Å²) in [6, 6.07) is 3.16. The van der Waals surface area contributed by atoms with Crippen LogP contribution >= 0.6 is 0 Å². The Hall–Kier alpha value is -3.77. The van der Waals surface area contributed by atoms with Crippen LogP contribution in [0.3, 0.4) is 0 Å². The Balaban J connectivity index is 1.52. The van der Waals surface area contributed by atoms with Crippen molar-refractivity contribution >= 4 is 41.2 Å². The number of hydrogen-bond donors (Lipinski definition) is 3. The molecule has 1 fully saturated rings. The van der Waals surface area contributed by atoms with E-state index in [2.05, 4.69) is 20.6 Å². The van der Waals surface area contributed by atoms with Crippen molar-refractivity contribution in [2.75, 3.05) is 74.8 Å². The monoisotopic (exact) mass is 496 g/mol. The summed E-state index contributed by atoms with van der Waals surface area (Å²) in [7, 11) is 3.52. The highest BCUT2D eigenvalue weighted by Crippen LogP contribution is 2.29. The molecule has 0 spiro atoms. The molecule has 192 valence electrons. The molecule has 0 aromatic carbocycles. The fourth-order valence-electron chi connectivity index (χ4n) is 4.34. The van der Waals surface area contributed by atoms with Crippen LogP contribution in [-0.2, 0) is 22.5 Å². The highest BCUT2D eigenvalue weighted by Gasteiger charge is 2.28. The summed E-state index contributed by atoms with van der Waals surface area (Å²) < 4.78 is 5.04. The van der Waals surface area contributed by atoms with Crippen molar-refractivity contribution in [3.05, 3.63) is 35.2 Å². The van der Waals surface area contributed by atoms with Crippen LogP contribution in [0.4, 0.5) is 27.8 Å². The molecule has 0 unspecified atom stereocenters. The van der Waals surface area contributed by atoms with Gasteiger partial charge < -0.3 is 20.7 Å². The van der Waals surface area contributed by atoms with Gasteiger partial charge in [0.1, 0.15) is 17.3 Å². The van der Waals surface area contributed by atoms with Gasteiger partial charge in [-0.15, -0.1) is 0 Å². The Kier molecular flexibility index (Phi) is 7.96. The van der Waals surface area contributed by atoms with Crippen LogP contribution in [0.15, 0.2) is 18.3 Å². The first-order chi connectivity index (χ1) is 17.4. The first kappa shape index (κ1) is 25.3. The normalized spacial score (nSPS) is 16.0. The predicted octanol–water partition coefficient (Wildman–Crippen LogP) is 1.19. The number of carbonyl (C=O) groups is 3. The van der Waals surface area contributed by atoms with Gasteiger partial charge in [-0.3, -0.25) is 24.7 Å². The Morgan fingerprint density at radius 2 is 2.11 bits per heavy atom. The number of nitrogens with zero attached hydrogens (tertiary/aromatic N) is 5. The number of carbonyl (C=O) groups excluding carboxylic acids is 3. The maximum atomic E-state index is 13.2. The van der Waals surface area contributed by atoms with E-state index in [4.69, 9.17) is 10.5 Å². The van der Waals surface area contributed by atoms with Crippen LogP contribution in [0.1, 0.15) is 28.0 Å². The van der Waals surface area contributed by atoms with Gasteiger partial charge in [-0.05, 0) is 31.5 Å². The van der Waals surface area contributed by atoms with Crippen molar-refractivity contribution in [2.45, 2.75) is 19.4 Å². The molecule has 4 rings (SSSR count). The maximum absolute atomic E-state index is 13.2. The predicted molar refractivity (Wildman–Crippen MR) is 136 cm³/mol. The van der Waals surface area contributed by atoms with Crippen molar-refractivity contribution in [1.82, 2.24) is 19.8 Å². The summed E-state index contributed by atoms with van der Waals surface area (Å²) in [6.45, 7) is 3.55. The van der Waals surface area contributed by atoms with E-state index < -0.39 is 6.03 Å². The number of urea groups is 1. The average molecular weight is 497 g/mol. The minimum Gasteiger partial charge on any atom is -0.396 e. The van der Waals surface area contributed by atoms with Gasteiger partial charge in [0.25, 0.3) is 0 Å². The van der Waals surface area contributed by atoms with Crippen molar-refractivity contribution in [1.29, 1.82) is 0 Å². The van der Waals surface area contributed by atoms with Crippen LogP contribution in [0, 0.1) is 0 Å². The van der Waals surface area contributed by atoms with E-state index in [0.29, 0.717) is 74.2 Å². The second-order valence-corrected chi connectivity index (χ2v) is 8.95. The lowest BCUT2D eigenvalue weighted by molar-refractivity contribution is -0.136. The number of nitrogens with two attached hydrogens (primary N) is 1. The summed E-state index contributed by atoms with van der Waals surface area (Å²) in [5.74, 6) is 0.802. The van der Waals surface area contributed by atoms with Gasteiger partial charge >= 0.3 is 6.03 Å². The molecule has 1 saturated heterocycles. The number of likely N-dealkylation sites (N-methyl/N-ethyl adjacent to an activating group) is 1. The molecule has 2 aromatic heterocycles. The number of methoxy groups -OCH3 is 1. The number of nitrogen functional groups attached to an aromatic ring is 1. The molecule has 3 amide bonds. The van der Waals surface area contributed by atoms with E-state index in [-0.39, 0.29) is 11.6 Å². The van der Waals surface area contributed by atoms with Crippen LogP contribution in [0.2, 0.25) is 0 Å². The number of amides is 3. The van der Waals surface area contributed by atoms with Gasteiger partial charge in [0.2, 0.25) is 5.91 Å². The Morgan fingerprint density at radius 3 is 2.86 bits per heavy atom. The van der Waals surface area contributed by atoms with Crippen LogP contribution in [0.5, 0.6) is 0 Å². The molecule has 0 bridgehead atoms. The number of aromatic nitrogens is 2. The molecule has 36 heavy (non-hydrogen) atoms. The van der Waals surface area contributed by atoms with Crippen molar-refractivity contribution < 1.29 is 19.1 Å². The molecule has 4 N–H and O–H groups in total. The van der Waals surface area contributed by atoms with E-state index in [9.17, 15) is 14.4 Å². The van der Waals surface area contributed by atoms with E-state index in [1.54, 1.807) is 18.1 Å². The molecule has 12 heteroatoms. The van der Waals surface area contributed by atoms with Gasteiger partial charge in [0.05, 0.1) is 30.7 Å². The molecular formula is C24H32N8O4. The zero-order chi connectivity index (χ0) is 25.7. The number of hydrogen-bond acceptors (Lipinski definition) is 9. The Labute approximate surface area is 209 Å². The van der Waals surface area contributed by atoms with E-state index in [0.717, 1.165) is 24.9 Å². The first-order valence-corrected chi connectivity index (χ1v) is 11.9. The number of anilines is 4. The molecule has 4 heterocycles. The Morgan fingerprint density at radius 1 is 1.28 bits per heavy atom. The smallest absolute Gasteiger partial charge is 0.328 e. The molecule has 12 nitrogen and oxygen atoms in total. The quantitative estimate of drug-likeness (QED) is 0.362. The lowest BCUT2D eigenvalue weighted by Gasteiger charge is -2.33. The zero-order valence-electron chi connectivity index (χ0n) is 20.6. The van der Waals surface area contributed by atoms with Crippen LogP contribution in [0.25, 0.3) is 0 Å². The maximum Gasteiger partial charge on any atom is 0.328 e. The van der Waals surface area contributed by atoms with Crippen LogP contribution in [-0.4, -0.2) is 91.5 Å². The standard InChI is InChI=1S/C24H32N8O4/c1-30-7-8-31(22(34)14-30)13-17-10-16-4-3-6-32(23(16)28-20(17)15-33)24(35)29-21-11-19(18(25)12-27-21)26-5-9-36-2/h10-12,15H,3-9,13-14,25H2,1-2H3,(H2,26,27,29,35). The zero-order valence-corrected chi connectivity index (χ0v) is 20.6. The van der Waals surface area contributed by atoms with E-state index in [1.807, 2.05) is 18.0 Å². The van der Waals surface area contributed by atoms with Crippen molar-refractivity contribution in [3.63, 3.8) is 0 Å². The number of fused-ring (bicyclic) bond motifs is 1. The summed E-state index contributed by atoms with van der Waals surface area (Å²) in [5, 5.41) is 5.95. The molecule has 0 aliphatic carbocycles. The molecule has 0 radical (unpaired) electrons. The van der Waals surface area contributed by atoms with Gasteiger partial charge in [0, 0.05) is 51.5 Å².